The molecule has 0 spiro atoms. The lowest BCUT2D eigenvalue weighted by Crippen LogP contribution is -2.38. The molecule has 2 aliphatic heterocycles. The van der Waals surface area contributed by atoms with E-state index in [0.717, 1.165) is 42.8 Å². The summed E-state index contributed by atoms with van der Waals surface area (Å²) in [4.78, 5) is 29.9. The molecule has 0 saturated heterocycles. The van der Waals surface area contributed by atoms with Crippen molar-refractivity contribution in [1.29, 1.82) is 0 Å². The molecule has 0 radical (unpaired) electrons. The molecule has 1 N–H and O–H groups in total. The third-order valence-electron chi connectivity index (χ3n) is 6.97. The van der Waals surface area contributed by atoms with Crippen molar-refractivity contribution >= 4 is 35.7 Å². The Morgan fingerprint density at radius 2 is 1.84 bits per heavy atom. The van der Waals surface area contributed by atoms with E-state index >= 15 is 0 Å². The summed E-state index contributed by atoms with van der Waals surface area (Å²) in [6, 6.07) is 8.18. The summed E-state index contributed by atoms with van der Waals surface area (Å²) in [5, 5.41) is 16.1. The molecule has 0 bridgehead atoms. The van der Waals surface area contributed by atoms with Crippen LogP contribution in [0.25, 0.3) is 0 Å². The number of hydrogen-bond donors (Lipinski definition) is 1. The summed E-state index contributed by atoms with van der Waals surface area (Å²) >= 11 is 0. The number of aryl methyl sites for hydroxylation is 1. The van der Waals surface area contributed by atoms with Gasteiger partial charge in [-0.2, -0.15) is 10.2 Å². The van der Waals surface area contributed by atoms with Gasteiger partial charge >= 0.3 is 5.97 Å². The number of aliphatic imine (C=N–C) groups is 1. The van der Waals surface area contributed by atoms with Crippen molar-refractivity contribution in [3.8, 4) is 0 Å². The first-order chi connectivity index (χ1) is 18.4. The molecule has 0 aromatic heterocycles. The number of anilines is 1. The standard InChI is InChI=1S/C29H36N6O3/c1-5-15-34-19-27(30-6-2)25(17-31-34)28(36)32-23-16-26(21-9-11-22(12-10-21)29(37)38-4)33-35(18-23)24-13-7-20(3)8-14-24/h5-8,13-17,21-22H,9-12,18-19H2,1-4H3,(H,32,36)/b15-5-,30-6?. The smallest absolute Gasteiger partial charge is 0.308 e. The van der Waals surface area contributed by atoms with Crippen LogP contribution in [0.2, 0.25) is 0 Å². The summed E-state index contributed by atoms with van der Waals surface area (Å²) in [5.74, 6) is -0.255. The number of nitrogens with one attached hydrogen (secondary N) is 1. The van der Waals surface area contributed by atoms with Crippen molar-refractivity contribution in [2.24, 2.45) is 27.0 Å². The van der Waals surface area contributed by atoms with Crippen LogP contribution >= 0.6 is 0 Å². The molecule has 1 saturated carbocycles. The maximum atomic E-state index is 13.4. The summed E-state index contributed by atoms with van der Waals surface area (Å²) < 4.78 is 4.95. The molecule has 1 aromatic carbocycles. The summed E-state index contributed by atoms with van der Waals surface area (Å²) in [7, 11) is 1.44. The fourth-order valence-corrected chi connectivity index (χ4v) is 4.94. The van der Waals surface area contributed by atoms with Gasteiger partial charge in [0.25, 0.3) is 5.91 Å². The summed E-state index contributed by atoms with van der Waals surface area (Å²) in [6.07, 6.45) is 12.2. The van der Waals surface area contributed by atoms with Crippen LogP contribution in [0.5, 0.6) is 0 Å². The summed E-state index contributed by atoms with van der Waals surface area (Å²) in [5.41, 5.74) is 4.88. The Labute approximate surface area is 224 Å². The van der Waals surface area contributed by atoms with Gasteiger partial charge in [-0.05, 0) is 64.7 Å². The average molecular weight is 517 g/mol. The number of rotatable bonds is 7. The minimum absolute atomic E-state index is 0.0611. The molecule has 0 unspecified atom stereocenters. The number of esters is 1. The number of hydrogen-bond acceptors (Lipinski definition) is 8. The van der Waals surface area contributed by atoms with Gasteiger partial charge in [-0.25, -0.2) is 0 Å². The van der Waals surface area contributed by atoms with Gasteiger partial charge in [0.1, 0.15) is 0 Å². The SMILES string of the molecule is CC=NC1=C(C(=O)NC2=CC(C3CCC(C(=O)OC)CC3)=NN(c3ccc(C)cc3)C2)C=NN(/C=C\C)C1. The number of nitrogens with zero attached hydrogens (tertiary/aromatic N) is 5. The maximum absolute atomic E-state index is 13.4. The number of hydrazone groups is 2. The highest BCUT2D eigenvalue weighted by Gasteiger charge is 2.31. The van der Waals surface area contributed by atoms with Gasteiger partial charge in [0, 0.05) is 24.0 Å². The number of allylic oxidation sites excluding steroid dienone is 2. The number of amides is 1. The zero-order valence-corrected chi connectivity index (χ0v) is 22.6. The van der Waals surface area contributed by atoms with Crippen molar-refractivity contribution in [2.75, 3.05) is 25.2 Å². The van der Waals surface area contributed by atoms with E-state index in [2.05, 4.69) is 27.5 Å². The lowest BCUT2D eigenvalue weighted by atomic mass is 9.79. The van der Waals surface area contributed by atoms with E-state index in [4.69, 9.17) is 9.84 Å². The first-order valence-electron chi connectivity index (χ1n) is 13.1. The molecule has 1 fully saturated rings. The predicted molar refractivity (Wildman–Crippen MR) is 151 cm³/mol. The van der Waals surface area contributed by atoms with Gasteiger partial charge in [0.2, 0.25) is 0 Å². The number of methoxy groups -OCH3 is 1. The molecule has 4 rings (SSSR count). The minimum Gasteiger partial charge on any atom is -0.469 e. The molecule has 0 atom stereocenters. The van der Waals surface area contributed by atoms with Gasteiger partial charge in [-0.3, -0.25) is 24.6 Å². The monoisotopic (exact) mass is 516 g/mol. The van der Waals surface area contributed by atoms with E-state index in [1.165, 1.54) is 12.7 Å². The van der Waals surface area contributed by atoms with Crippen LogP contribution in [0.3, 0.4) is 0 Å². The van der Waals surface area contributed by atoms with Crippen molar-refractivity contribution in [2.45, 2.75) is 46.5 Å². The van der Waals surface area contributed by atoms with Crippen molar-refractivity contribution in [1.82, 2.24) is 10.3 Å². The molecule has 9 nitrogen and oxygen atoms in total. The van der Waals surface area contributed by atoms with Gasteiger partial charge < -0.3 is 10.1 Å². The van der Waals surface area contributed by atoms with Gasteiger partial charge in [-0.15, -0.1) is 0 Å². The highest BCUT2D eigenvalue weighted by molar-refractivity contribution is 6.14. The van der Waals surface area contributed by atoms with Crippen LogP contribution in [0.1, 0.15) is 45.1 Å². The van der Waals surface area contributed by atoms with E-state index in [0.29, 0.717) is 24.4 Å². The second kappa shape index (κ2) is 12.5. The maximum Gasteiger partial charge on any atom is 0.308 e. The molecule has 3 aliphatic rings. The number of carbonyl (C=O) groups excluding carboxylic acids is 2. The zero-order valence-electron chi connectivity index (χ0n) is 22.6. The minimum atomic E-state index is -0.250. The van der Waals surface area contributed by atoms with Crippen molar-refractivity contribution in [3.05, 3.63) is 65.1 Å². The van der Waals surface area contributed by atoms with Crippen LogP contribution < -0.4 is 10.3 Å². The van der Waals surface area contributed by atoms with Gasteiger partial charge in [-0.1, -0.05) is 23.8 Å². The molecule has 200 valence electrons. The highest BCUT2D eigenvalue weighted by Crippen LogP contribution is 2.33. The first-order valence-corrected chi connectivity index (χ1v) is 13.1. The topological polar surface area (TPSA) is 99.0 Å². The molecule has 1 aromatic rings. The lowest BCUT2D eigenvalue weighted by Gasteiger charge is -2.32. The van der Waals surface area contributed by atoms with Crippen LogP contribution in [0, 0.1) is 18.8 Å². The van der Waals surface area contributed by atoms with Crippen molar-refractivity contribution < 1.29 is 14.3 Å². The molecular weight excluding hydrogens is 480 g/mol. The van der Waals surface area contributed by atoms with Crippen LogP contribution in [-0.2, 0) is 14.3 Å². The normalized spacial score (nSPS) is 22.1. The van der Waals surface area contributed by atoms with E-state index in [-0.39, 0.29) is 23.7 Å². The molecule has 38 heavy (non-hydrogen) atoms. The number of carbonyl (C=O) groups is 2. The Morgan fingerprint density at radius 1 is 1.11 bits per heavy atom. The van der Waals surface area contributed by atoms with Gasteiger partial charge in [0.05, 0.1) is 55.0 Å². The largest absolute Gasteiger partial charge is 0.469 e. The Hall–Kier alpha value is -4.01. The highest BCUT2D eigenvalue weighted by atomic mass is 16.5. The Bertz CT molecular complexity index is 1220. The number of ether oxygens (including phenoxy) is 1. The molecule has 9 heteroatoms. The Balaban J connectivity index is 1.57. The fourth-order valence-electron chi connectivity index (χ4n) is 4.94. The first kappa shape index (κ1) is 27.0. The van der Waals surface area contributed by atoms with Gasteiger partial charge in [0.15, 0.2) is 0 Å². The Morgan fingerprint density at radius 3 is 2.50 bits per heavy atom. The zero-order chi connectivity index (χ0) is 27.1. The third kappa shape index (κ3) is 6.45. The van der Waals surface area contributed by atoms with E-state index < -0.39 is 0 Å². The van der Waals surface area contributed by atoms with E-state index in [1.54, 1.807) is 17.4 Å². The van der Waals surface area contributed by atoms with Crippen LogP contribution in [-0.4, -0.2) is 55.2 Å². The van der Waals surface area contributed by atoms with Crippen molar-refractivity contribution in [3.63, 3.8) is 0 Å². The second-order valence-corrected chi connectivity index (χ2v) is 9.69. The quantitative estimate of drug-likeness (QED) is 0.430. The lowest BCUT2D eigenvalue weighted by molar-refractivity contribution is -0.146. The van der Waals surface area contributed by atoms with E-state index in [1.807, 2.05) is 56.3 Å². The Kier molecular flexibility index (Phi) is 8.89. The fraction of sp³-hybridized carbons (Fsp3) is 0.414. The second-order valence-electron chi connectivity index (χ2n) is 9.69. The molecule has 1 aliphatic carbocycles. The average Bonchev–Trinajstić information content (AvgIpc) is 2.93. The van der Waals surface area contributed by atoms with Crippen LogP contribution in [0.4, 0.5) is 5.69 Å². The van der Waals surface area contributed by atoms with E-state index in [9.17, 15) is 9.59 Å². The number of benzene rings is 1. The predicted octanol–water partition coefficient (Wildman–Crippen LogP) is 4.33. The molecular formula is C29H36N6O3. The molecule has 1 amide bonds. The summed E-state index contributed by atoms with van der Waals surface area (Å²) in [6.45, 7) is 6.64. The third-order valence-corrected chi connectivity index (χ3v) is 6.97. The molecule has 2 heterocycles. The van der Waals surface area contributed by atoms with Crippen LogP contribution in [0.15, 0.2) is 74.8 Å².